The Morgan fingerprint density at radius 2 is 0.738 bits per heavy atom. The molecule has 21 aromatic rings. The fourth-order valence-electron chi connectivity index (χ4n) is 16.8. The zero-order chi connectivity index (χ0) is 70.2. The van der Waals surface area contributed by atoms with E-state index in [1.54, 1.807) is 18.9 Å². The van der Waals surface area contributed by atoms with E-state index in [0.717, 1.165) is 76.7 Å². The predicted octanol–water partition coefficient (Wildman–Crippen LogP) is 13.1. The number of hydrogen-bond donors (Lipinski definition) is 0. The van der Waals surface area contributed by atoms with Crippen LogP contribution in [0.2, 0.25) is 0 Å². The summed E-state index contributed by atoms with van der Waals surface area (Å²) in [5, 5.41) is 1.37. The van der Waals surface area contributed by atoms with Gasteiger partial charge in [0.05, 0.1) is 119 Å². The number of nitrogens with zero attached hydrogens (tertiary/aromatic N) is 18. The van der Waals surface area contributed by atoms with E-state index in [-0.39, 0.29) is 0 Å². The van der Waals surface area contributed by atoms with Crippen LogP contribution in [0.25, 0.3) is 144 Å². The minimum atomic E-state index is -2.24. The molecule has 0 unspecified atom stereocenters. The summed E-state index contributed by atoms with van der Waals surface area (Å²) in [5.74, 6) is 4.26. The number of aryl methyl sites for hydroxylation is 2. The highest BCUT2D eigenvalue weighted by Gasteiger charge is 2.40. The van der Waals surface area contributed by atoms with Gasteiger partial charge in [0, 0.05) is 65.0 Å². The van der Waals surface area contributed by atoms with Crippen molar-refractivity contribution in [3.8, 4) is 61.9 Å². The first-order chi connectivity index (χ1) is 52.1. The van der Waals surface area contributed by atoms with Gasteiger partial charge in [-0.1, -0.05) is 121 Å². The zero-order valence-electron chi connectivity index (χ0n) is 58.4. The van der Waals surface area contributed by atoms with Crippen LogP contribution in [0, 0.1) is 0 Å². The molecule has 490 valence electrons. The number of imidazole rings is 3. The molecular formula is C83H61N18OS+5. The van der Waals surface area contributed by atoms with Gasteiger partial charge in [-0.05, 0) is 72.8 Å². The van der Waals surface area contributed by atoms with Crippen molar-refractivity contribution < 1.29 is 31.4 Å². The number of aromatic nitrogens is 18. The first kappa shape index (κ1) is 54.5. The second-order valence-corrected chi connectivity index (χ2v) is 27.7. The van der Waals surface area contributed by atoms with Gasteiger partial charge in [-0.3, -0.25) is 17.6 Å². The van der Waals surface area contributed by atoms with Crippen molar-refractivity contribution in [3.05, 3.63) is 303 Å². The number of oxazole rings is 1. The maximum Gasteiger partial charge on any atom is 0.382 e. The minimum Gasteiger partial charge on any atom is -0.396 e. The maximum atomic E-state index is 8.01. The lowest BCUT2D eigenvalue weighted by Gasteiger charge is -2.01. The monoisotopic (exact) mass is 1360 g/mol. The molecule has 0 amide bonds. The van der Waals surface area contributed by atoms with Gasteiger partial charge in [0.15, 0.2) is 29.6 Å². The predicted molar refractivity (Wildman–Crippen MR) is 395 cm³/mol. The lowest BCUT2D eigenvalue weighted by molar-refractivity contribution is -0.648. The van der Waals surface area contributed by atoms with Gasteiger partial charge in [0.25, 0.3) is 28.0 Å². The van der Waals surface area contributed by atoms with Crippen molar-refractivity contribution in [3.63, 3.8) is 0 Å². The van der Waals surface area contributed by atoms with Crippen molar-refractivity contribution in [1.82, 2.24) is 60.6 Å². The van der Waals surface area contributed by atoms with Gasteiger partial charge in [-0.2, -0.15) is 9.13 Å². The van der Waals surface area contributed by atoms with Crippen LogP contribution < -0.4 is 22.8 Å². The summed E-state index contributed by atoms with van der Waals surface area (Å²) in [6, 6.07) is 63.2. The summed E-state index contributed by atoms with van der Waals surface area (Å²) in [4.78, 5) is 20.9. The standard InChI is InChI=1S/C21H15N4.2C16H13N4.C15H10N3O.C15H10N3S/c1-2-7-16(8-3-1)25-19-13-23-14-22-11-10-18(23)20(19)24-12-15-6-4-5-9-17(15)21(24)25;2*1-18-14-9-19-10-17-7-6-13(19)15(14)20-8-11-4-2-3-5-12(11)16(18)20;2*1-2-4-11-10(3-1)7-18-14-12-5-6-16-9-17(12)8-13(14)19-15(11)18/h1-11,13-14H,12H2;2*2-7,9-10H,8H2,1H3;2*1-6,8-9H,7H2/q5*+1/i;1D3;;;. The van der Waals surface area contributed by atoms with Crippen LogP contribution in [-0.2, 0) is 46.7 Å². The fraction of sp³-hybridized carbons (Fsp3) is 0.0843. The molecule has 103 heavy (non-hydrogen) atoms. The summed E-state index contributed by atoms with van der Waals surface area (Å²) in [5.41, 5.74) is 29.9. The van der Waals surface area contributed by atoms with Gasteiger partial charge in [0.1, 0.15) is 41.1 Å². The SMILES string of the molecule is Cn1c2[n+](c3c1cn1cnccc31)Cc1ccccc1-2.[2H]C([2H])([2H])n1c2[n+](c3c1cn1cnccc31)Cc1ccccc1-2.c1ccc(-n2c3[n+](c4c2cn2cnccc42)Cc2ccccc2-3)cc1.c1ccc2c(c1)C[n+]1c-2oc2cn3cnccc3c21.c1ccc2c(c1)C[n+]1c-2sc2cn3cnccc3c21. The summed E-state index contributed by atoms with van der Waals surface area (Å²) < 4.78 is 59.4. The lowest BCUT2D eigenvalue weighted by Crippen LogP contribution is -2.31. The number of fused-ring (bicyclic) bond motifs is 35. The van der Waals surface area contributed by atoms with E-state index in [1.807, 2.05) is 107 Å². The van der Waals surface area contributed by atoms with Crippen LogP contribution >= 0.6 is 11.3 Å². The number of rotatable bonds is 1. The van der Waals surface area contributed by atoms with Gasteiger partial charge in [0.2, 0.25) is 27.6 Å². The molecule has 0 saturated heterocycles. The molecule has 5 aliphatic heterocycles. The van der Waals surface area contributed by atoms with Crippen molar-refractivity contribution in [1.29, 1.82) is 0 Å². The smallest absolute Gasteiger partial charge is 0.382 e. The molecule has 0 spiro atoms. The average molecular weight is 1360 g/mol. The van der Waals surface area contributed by atoms with Gasteiger partial charge in [-0.15, -0.1) is 4.57 Å². The molecule has 0 atom stereocenters. The molecule has 20 heterocycles. The molecule has 0 bridgehead atoms. The molecule has 6 aromatic carbocycles. The molecule has 26 rings (SSSR count). The van der Waals surface area contributed by atoms with E-state index in [0.29, 0.717) is 12.1 Å². The highest BCUT2D eigenvalue weighted by atomic mass is 32.1. The third-order valence-electron chi connectivity index (χ3n) is 21.2. The van der Waals surface area contributed by atoms with Crippen molar-refractivity contribution in [2.24, 2.45) is 14.0 Å². The first-order valence-corrected chi connectivity index (χ1v) is 35.1. The van der Waals surface area contributed by atoms with Crippen LogP contribution in [0.4, 0.5) is 0 Å². The molecule has 0 radical (unpaired) electrons. The molecule has 0 saturated carbocycles. The van der Waals surface area contributed by atoms with Crippen LogP contribution in [0.3, 0.4) is 0 Å². The Hall–Kier alpha value is -13.5. The molecule has 0 fully saturated rings. The van der Waals surface area contributed by atoms with Crippen LogP contribution in [0.15, 0.2) is 280 Å². The van der Waals surface area contributed by atoms with E-state index in [4.69, 9.17) is 8.53 Å². The van der Waals surface area contributed by atoms with E-state index in [1.165, 1.54) is 120 Å². The normalized spacial score (nSPS) is 13.5. The number of para-hydroxylation sites is 1. The van der Waals surface area contributed by atoms with Gasteiger partial charge < -0.3 is 8.82 Å². The molecule has 20 heteroatoms. The largest absolute Gasteiger partial charge is 0.396 e. The third kappa shape index (κ3) is 8.43. The van der Waals surface area contributed by atoms with Crippen LogP contribution in [0.1, 0.15) is 31.9 Å². The van der Waals surface area contributed by atoms with Crippen LogP contribution in [0.5, 0.6) is 0 Å². The van der Waals surface area contributed by atoms with Crippen molar-refractivity contribution in [2.75, 3.05) is 0 Å². The third-order valence-corrected chi connectivity index (χ3v) is 22.3. The lowest BCUT2D eigenvalue weighted by atomic mass is 10.1. The number of hydrogen-bond acceptors (Lipinski definition) is 7. The maximum absolute atomic E-state index is 8.01. The van der Waals surface area contributed by atoms with Gasteiger partial charge >= 0.3 is 5.89 Å². The van der Waals surface area contributed by atoms with Crippen LogP contribution in [-0.4, -0.2) is 60.6 Å². The summed E-state index contributed by atoms with van der Waals surface area (Å²) in [6.07, 6.45) is 28.6. The number of thiazole rings is 1. The Balaban J connectivity index is 0.0000000830. The van der Waals surface area contributed by atoms with E-state index in [2.05, 4.69) is 247 Å². The summed E-state index contributed by atoms with van der Waals surface area (Å²) in [7, 11) is 2.14. The molecule has 5 aliphatic rings. The number of benzene rings is 6. The Labute approximate surface area is 594 Å². The molecule has 0 aliphatic carbocycles. The molecular weight excluding hydrogens is 1300 g/mol. The molecule has 15 aromatic heterocycles. The highest BCUT2D eigenvalue weighted by molar-refractivity contribution is 7.21. The summed E-state index contributed by atoms with van der Waals surface area (Å²) >= 11 is 1.87. The summed E-state index contributed by atoms with van der Waals surface area (Å²) in [6.45, 7) is 2.16. The second kappa shape index (κ2) is 22.0. The quantitative estimate of drug-likeness (QED) is 0.150. The van der Waals surface area contributed by atoms with E-state index >= 15 is 0 Å². The van der Waals surface area contributed by atoms with Crippen molar-refractivity contribution in [2.45, 2.75) is 32.7 Å². The average Bonchev–Trinajstić information content (AvgIpc) is 1.56. The minimum absolute atomic E-state index is 0.688. The Bertz CT molecular complexity index is 7080. The highest BCUT2D eigenvalue weighted by Crippen LogP contribution is 2.40. The Morgan fingerprint density at radius 1 is 0.350 bits per heavy atom. The van der Waals surface area contributed by atoms with Crippen molar-refractivity contribution >= 4 is 93.3 Å². The topological polar surface area (TPSA) is 134 Å². The molecule has 19 nitrogen and oxygen atoms in total. The van der Waals surface area contributed by atoms with E-state index < -0.39 is 6.98 Å². The fourth-order valence-corrected chi connectivity index (χ4v) is 18.0. The van der Waals surface area contributed by atoms with E-state index in [9.17, 15) is 0 Å². The second-order valence-electron chi connectivity index (χ2n) is 26.7. The molecule has 0 N–H and O–H groups in total. The Morgan fingerprint density at radius 3 is 1.29 bits per heavy atom. The Kier molecular flexibility index (Phi) is 11.6. The van der Waals surface area contributed by atoms with Gasteiger partial charge in [-0.25, -0.2) is 47.8 Å². The first-order valence-electron chi connectivity index (χ1n) is 35.8. The zero-order valence-corrected chi connectivity index (χ0v) is 56.2.